The molecule has 1 fully saturated rings. The standard InChI is InChI=1S/C19H21N7O/c1-10(2)26-13-6-7-21-19(20)15(13)16(23-26)17-14(12-8-25(3)9-22-12)18(27-24-17)11-4-5-11/h6-11H,4-5H2,1-3H3,(H2,20,21). The van der Waals surface area contributed by atoms with Gasteiger partial charge in [-0.3, -0.25) is 4.68 Å². The second kappa shape index (κ2) is 5.67. The zero-order chi connectivity index (χ0) is 18.7. The van der Waals surface area contributed by atoms with Gasteiger partial charge in [0.05, 0.1) is 28.5 Å². The van der Waals surface area contributed by atoms with E-state index in [0.29, 0.717) is 23.1 Å². The molecule has 2 N–H and O–H groups in total. The van der Waals surface area contributed by atoms with Gasteiger partial charge in [0.15, 0.2) is 0 Å². The highest BCUT2D eigenvalue weighted by Gasteiger charge is 2.35. The lowest BCUT2D eigenvalue weighted by Gasteiger charge is -2.06. The number of fused-ring (bicyclic) bond motifs is 1. The van der Waals surface area contributed by atoms with Crippen LogP contribution in [0, 0.1) is 0 Å². The molecule has 138 valence electrons. The first-order valence-electron chi connectivity index (χ1n) is 9.15. The number of aromatic nitrogens is 6. The second-order valence-electron chi connectivity index (χ2n) is 7.45. The van der Waals surface area contributed by atoms with Crippen LogP contribution in [0.4, 0.5) is 5.82 Å². The summed E-state index contributed by atoms with van der Waals surface area (Å²) in [4.78, 5) is 8.81. The van der Waals surface area contributed by atoms with Gasteiger partial charge in [0.2, 0.25) is 0 Å². The first-order chi connectivity index (χ1) is 13.0. The summed E-state index contributed by atoms with van der Waals surface area (Å²) >= 11 is 0. The fourth-order valence-electron chi connectivity index (χ4n) is 3.55. The van der Waals surface area contributed by atoms with E-state index >= 15 is 0 Å². The Hall–Kier alpha value is -3.16. The molecule has 0 saturated heterocycles. The Morgan fingerprint density at radius 3 is 2.70 bits per heavy atom. The molecule has 4 heterocycles. The van der Waals surface area contributed by atoms with E-state index in [1.807, 2.05) is 28.6 Å². The lowest BCUT2D eigenvalue weighted by molar-refractivity contribution is 0.386. The fourth-order valence-corrected chi connectivity index (χ4v) is 3.55. The molecule has 4 aromatic rings. The first-order valence-corrected chi connectivity index (χ1v) is 9.15. The smallest absolute Gasteiger partial charge is 0.149 e. The number of anilines is 1. The molecule has 0 aliphatic heterocycles. The molecule has 1 aliphatic rings. The van der Waals surface area contributed by atoms with Crippen molar-refractivity contribution in [2.24, 2.45) is 7.05 Å². The third-order valence-electron chi connectivity index (χ3n) is 4.99. The summed E-state index contributed by atoms with van der Waals surface area (Å²) in [7, 11) is 1.95. The number of hydrogen-bond donors (Lipinski definition) is 1. The van der Waals surface area contributed by atoms with Crippen molar-refractivity contribution < 1.29 is 4.52 Å². The van der Waals surface area contributed by atoms with Crippen molar-refractivity contribution in [2.45, 2.75) is 38.6 Å². The van der Waals surface area contributed by atoms with Gasteiger partial charge in [0.25, 0.3) is 0 Å². The Labute approximate surface area is 156 Å². The van der Waals surface area contributed by atoms with E-state index in [1.165, 1.54) is 0 Å². The minimum atomic E-state index is 0.177. The highest BCUT2D eigenvalue weighted by Crippen LogP contribution is 2.48. The second-order valence-corrected chi connectivity index (χ2v) is 7.45. The van der Waals surface area contributed by atoms with Gasteiger partial charge < -0.3 is 14.8 Å². The number of nitrogens with two attached hydrogens (primary N) is 1. The highest BCUT2D eigenvalue weighted by molar-refractivity contribution is 6.02. The molecule has 0 radical (unpaired) electrons. The topological polar surface area (TPSA) is 101 Å². The Bertz CT molecular complexity index is 1150. The van der Waals surface area contributed by atoms with Gasteiger partial charge in [-0.1, -0.05) is 5.16 Å². The monoisotopic (exact) mass is 363 g/mol. The van der Waals surface area contributed by atoms with Crippen molar-refractivity contribution in [1.29, 1.82) is 0 Å². The van der Waals surface area contributed by atoms with Crippen LogP contribution in [-0.2, 0) is 7.05 Å². The summed E-state index contributed by atoms with van der Waals surface area (Å²) in [5.74, 6) is 1.73. The molecular weight excluding hydrogens is 342 g/mol. The number of imidazole rings is 1. The third kappa shape index (κ3) is 2.43. The molecule has 27 heavy (non-hydrogen) atoms. The van der Waals surface area contributed by atoms with Gasteiger partial charge in [-0.2, -0.15) is 5.10 Å². The molecule has 1 saturated carbocycles. The number of nitrogens with zero attached hydrogens (tertiary/aromatic N) is 6. The van der Waals surface area contributed by atoms with Crippen LogP contribution in [0.5, 0.6) is 0 Å². The molecule has 8 nitrogen and oxygen atoms in total. The zero-order valence-electron chi connectivity index (χ0n) is 15.5. The van der Waals surface area contributed by atoms with Gasteiger partial charge in [-0.05, 0) is 32.8 Å². The predicted molar refractivity (Wildman–Crippen MR) is 102 cm³/mol. The minimum Gasteiger partial charge on any atom is -0.383 e. The van der Waals surface area contributed by atoms with E-state index in [0.717, 1.165) is 40.8 Å². The number of nitrogen functional groups attached to an aromatic ring is 1. The lowest BCUT2D eigenvalue weighted by atomic mass is 10.0. The van der Waals surface area contributed by atoms with Gasteiger partial charge in [-0.25, -0.2) is 9.97 Å². The van der Waals surface area contributed by atoms with E-state index in [2.05, 4.69) is 29.0 Å². The molecule has 0 unspecified atom stereocenters. The summed E-state index contributed by atoms with van der Waals surface area (Å²) in [6.07, 6.45) is 7.69. The Morgan fingerprint density at radius 1 is 1.22 bits per heavy atom. The average molecular weight is 363 g/mol. The fraction of sp³-hybridized carbons (Fsp3) is 0.368. The lowest BCUT2D eigenvalue weighted by Crippen LogP contribution is -2.02. The van der Waals surface area contributed by atoms with Crippen molar-refractivity contribution in [3.8, 4) is 22.6 Å². The quantitative estimate of drug-likeness (QED) is 0.595. The van der Waals surface area contributed by atoms with Gasteiger partial charge >= 0.3 is 0 Å². The maximum Gasteiger partial charge on any atom is 0.149 e. The first kappa shape index (κ1) is 16.0. The van der Waals surface area contributed by atoms with Gasteiger partial charge in [-0.15, -0.1) is 0 Å². The number of aryl methyl sites for hydroxylation is 1. The van der Waals surface area contributed by atoms with Crippen molar-refractivity contribution in [1.82, 2.24) is 29.5 Å². The predicted octanol–water partition coefficient (Wildman–Crippen LogP) is 3.53. The molecule has 0 spiro atoms. The largest absolute Gasteiger partial charge is 0.383 e. The van der Waals surface area contributed by atoms with Crippen molar-refractivity contribution in [3.63, 3.8) is 0 Å². The molecule has 8 heteroatoms. The Balaban J connectivity index is 1.81. The number of rotatable bonds is 4. The van der Waals surface area contributed by atoms with Crippen LogP contribution in [0.2, 0.25) is 0 Å². The maximum atomic E-state index is 6.24. The summed E-state index contributed by atoms with van der Waals surface area (Å²) in [6, 6.07) is 2.11. The number of pyridine rings is 1. The third-order valence-corrected chi connectivity index (χ3v) is 4.99. The van der Waals surface area contributed by atoms with E-state index in [-0.39, 0.29) is 6.04 Å². The van der Waals surface area contributed by atoms with Crippen LogP contribution in [0.25, 0.3) is 33.5 Å². The molecule has 0 amide bonds. The maximum absolute atomic E-state index is 6.24. The average Bonchev–Trinajstić information content (AvgIpc) is 3.06. The van der Waals surface area contributed by atoms with E-state index in [4.69, 9.17) is 15.4 Å². The van der Waals surface area contributed by atoms with Crippen LogP contribution in [-0.4, -0.2) is 29.5 Å². The summed E-state index contributed by atoms with van der Waals surface area (Å²) in [5.41, 5.74) is 10.3. The van der Waals surface area contributed by atoms with Gasteiger partial charge in [0, 0.05) is 31.4 Å². The molecule has 0 bridgehead atoms. The van der Waals surface area contributed by atoms with Crippen LogP contribution >= 0.6 is 0 Å². The molecule has 4 aromatic heterocycles. The number of hydrogen-bond acceptors (Lipinski definition) is 6. The van der Waals surface area contributed by atoms with Crippen LogP contribution < -0.4 is 5.73 Å². The van der Waals surface area contributed by atoms with Crippen molar-refractivity contribution >= 4 is 16.7 Å². The van der Waals surface area contributed by atoms with Crippen LogP contribution in [0.1, 0.15) is 44.4 Å². The molecule has 5 rings (SSSR count). The van der Waals surface area contributed by atoms with Crippen molar-refractivity contribution in [3.05, 3.63) is 30.5 Å². The van der Waals surface area contributed by atoms with E-state index in [9.17, 15) is 0 Å². The van der Waals surface area contributed by atoms with Gasteiger partial charge in [0.1, 0.15) is 23.0 Å². The molecule has 0 atom stereocenters. The Kier molecular flexibility index (Phi) is 3.37. The van der Waals surface area contributed by atoms with Crippen molar-refractivity contribution in [2.75, 3.05) is 5.73 Å². The summed E-state index contributed by atoms with van der Waals surface area (Å²) in [6.45, 7) is 4.18. The van der Waals surface area contributed by atoms with E-state index < -0.39 is 0 Å². The SMILES string of the molecule is CC(C)n1nc(-c2noc(C3CC3)c2-c2cn(C)cn2)c2c(N)nccc21. The normalized spacial score (nSPS) is 14.5. The van der Waals surface area contributed by atoms with Crippen LogP contribution in [0.3, 0.4) is 0 Å². The summed E-state index contributed by atoms with van der Waals surface area (Å²) < 4.78 is 9.66. The van der Waals surface area contributed by atoms with Crippen LogP contribution in [0.15, 0.2) is 29.3 Å². The highest BCUT2D eigenvalue weighted by atomic mass is 16.5. The molecular formula is C19H21N7O. The molecule has 1 aliphatic carbocycles. The minimum absolute atomic E-state index is 0.177. The Morgan fingerprint density at radius 2 is 2.04 bits per heavy atom. The summed E-state index contributed by atoms with van der Waals surface area (Å²) in [5, 5.41) is 10.1. The molecule has 0 aromatic carbocycles. The zero-order valence-corrected chi connectivity index (χ0v) is 15.5. The van der Waals surface area contributed by atoms with E-state index in [1.54, 1.807) is 12.5 Å².